The number of amides is 1. The topological polar surface area (TPSA) is 94.2 Å². The molecule has 0 aromatic heterocycles. The van der Waals surface area contributed by atoms with E-state index in [-0.39, 0.29) is 10.5 Å². The lowest BCUT2D eigenvalue weighted by Gasteiger charge is -2.21. The van der Waals surface area contributed by atoms with Crippen LogP contribution in [0.4, 0.5) is 0 Å². The standard InChI is InChI=1S/C24H32N2O6S/c1-17(20-15-18(30-2)9-11-22(20)31-3)25-24(27)21-16-19(10-12-23(21)32-4)33(28,29)26-13-7-5-6-8-14-26/h9-12,15-17H,5-8,13-14H2,1-4H3,(H,25,27)/t17-/m1/s1. The molecule has 2 aromatic rings. The molecule has 1 aliphatic rings. The molecule has 33 heavy (non-hydrogen) atoms. The van der Waals surface area contributed by atoms with Gasteiger partial charge in [0.15, 0.2) is 0 Å². The molecule has 3 rings (SSSR count). The summed E-state index contributed by atoms with van der Waals surface area (Å²) in [6.45, 7) is 2.80. The normalized spacial score (nSPS) is 15.9. The van der Waals surface area contributed by atoms with E-state index in [1.165, 1.54) is 29.6 Å². The summed E-state index contributed by atoms with van der Waals surface area (Å²) in [5.74, 6) is 1.09. The molecule has 9 heteroatoms. The largest absolute Gasteiger partial charge is 0.497 e. The van der Waals surface area contributed by atoms with Gasteiger partial charge >= 0.3 is 0 Å². The summed E-state index contributed by atoms with van der Waals surface area (Å²) in [7, 11) is 0.864. The monoisotopic (exact) mass is 476 g/mol. The van der Waals surface area contributed by atoms with Crippen molar-refractivity contribution in [3.63, 3.8) is 0 Å². The van der Waals surface area contributed by atoms with Crippen LogP contribution in [0.25, 0.3) is 0 Å². The number of benzene rings is 2. The maximum Gasteiger partial charge on any atom is 0.255 e. The van der Waals surface area contributed by atoms with Crippen molar-refractivity contribution >= 4 is 15.9 Å². The maximum atomic E-state index is 13.2. The molecule has 0 unspecified atom stereocenters. The molecule has 1 aliphatic heterocycles. The summed E-state index contributed by atoms with van der Waals surface area (Å²) in [6.07, 6.45) is 3.72. The molecule has 0 bridgehead atoms. The van der Waals surface area contributed by atoms with Crippen molar-refractivity contribution in [1.82, 2.24) is 9.62 Å². The van der Waals surface area contributed by atoms with Crippen LogP contribution < -0.4 is 19.5 Å². The van der Waals surface area contributed by atoms with Gasteiger partial charge in [-0.15, -0.1) is 0 Å². The van der Waals surface area contributed by atoms with Gasteiger partial charge in [-0.2, -0.15) is 4.31 Å². The van der Waals surface area contributed by atoms with Crippen LogP contribution in [0.1, 0.15) is 54.6 Å². The fraction of sp³-hybridized carbons (Fsp3) is 0.458. The second-order valence-electron chi connectivity index (χ2n) is 7.98. The van der Waals surface area contributed by atoms with Crippen molar-refractivity contribution in [2.75, 3.05) is 34.4 Å². The fourth-order valence-electron chi connectivity index (χ4n) is 3.99. The van der Waals surface area contributed by atoms with Crippen LogP contribution in [-0.2, 0) is 10.0 Å². The zero-order valence-corrected chi connectivity index (χ0v) is 20.4. The number of hydrogen-bond acceptors (Lipinski definition) is 6. The average molecular weight is 477 g/mol. The third-order valence-electron chi connectivity index (χ3n) is 5.87. The Hall–Kier alpha value is -2.78. The minimum absolute atomic E-state index is 0.0852. The predicted molar refractivity (Wildman–Crippen MR) is 126 cm³/mol. The first kappa shape index (κ1) is 24.9. The number of nitrogens with zero attached hydrogens (tertiary/aromatic N) is 1. The Labute approximate surface area is 195 Å². The van der Waals surface area contributed by atoms with E-state index in [0.717, 1.165) is 31.2 Å². The van der Waals surface area contributed by atoms with Gasteiger partial charge in [0.25, 0.3) is 5.91 Å². The smallest absolute Gasteiger partial charge is 0.255 e. The molecular weight excluding hydrogens is 444 g/mol. The highest BCUT2D eigenvalue weighted by Crippen LogP contribution is 2.31. The van der Waals surface area contributed by atoms with Crippen molar-refractivity contribution in [2.24, 2.45) is 0 Å². The van der Waals surface area contributed by atoms with Crippen LogP contribution in [0.15, 0.2) is 41.3 Å². The highest BCUT2D eigenvalue weighted by Gasteiger charge is 2.27. The van der Waals surface area contributed by atoms with Gasteiger partial charge < -0.3 is 19.5 Å². The van der Waals surface area contributed by atoms with Gasteiger partial charge in [-0.3, -0.25) is 4.79 Å². The molecular formula is C24H32N2O6S. The molecule has 8 nitrogen and oxygen atoms in total. The van der Waals surface area contributed by atoms with E-state index >= 15 is 0 Å². The molecule has 1 atom stereocenters. The molecule has 1 amide bonds. The van der Waals surface area contributed by atoms with E-state index in [0.29, 0.717) is 30.3 Å². The molecule has 1 saturated heterocycles. The summed E-state index contributed by atoms with van der Waals surface area (Å²) in [5.41, 5.74) is 0.889. The average Bonchev–Trinajstić information content (AvgIpc) is 3.13. The van der Waals surface area contributed by atoms with Crippen LogP contribution in [0, 0.1) is 0 Å². The second kappa shape index (κ2) is 10.9. The van der Waals surface area contributed by atoms with Crippen molar-refractivity contribution < 1.29 is 27.4 Å². The lowest BCUT2D eigenvalue weighted by molar-refractivity contribution is 0.0936. The van der Waals surface area contributed by atoms with Gasteiger partial charge in [0.1, 0.15) is 17.2 Å². The summed E-state index contributed by atoms with van der Waals surface area (Å²) in [4.78, 5) is 13.3. The van der Waals surface area contributed by atoms with E-state index < -0.39 is 22.0 Å². The van der Waals surface area contributed by atoms with E-state index in [1.807, 2.05) is 6.92 Å². The Morgan fingerprint density at radius 3 is 2.15 bits per heavy atom. The first-order chi connectivity index (χ1) is 15.8. The van der Waals surface area contributed by atoms with Crippen LogP contribution in [0.5, 0.6) is 17.2 Å². The molecule has 0 radical (unpaired) electrons. The summed E-state index contributed by atoms with van der Waals surface area (Å²) in [6, 6.07) is 9.31. The van der Waals surface area contributed by atoms with E-state index in [9.17, 15) is 13.2 Å². The van der Waals surface area contributed by atoms with Crippen LogP contribution in [0.3, 0.4) is 0 Å². The maximum absolute atomic E-state index is 13.2. The highest BCUT2D eigenvalue weighted by molar-refractivity contribution is 7.89. The van der Waals surface area contributed by atoms with Gasteiger partial charge in [0, 0.05) is 18.7 Å². The molecule has 2 aromatic carbocycles. The molecule has 1 heterocycles. The zero-order valence-electron chi connectivity index (χ0n) is 19.6. The minimum atomic E-state index is -3.71. The van der Waals surface area contributed by atoms with Crippen molar-refractivity contribution in [3.8, 4) is 17.2 Å². The van der Waals surface area contributed by atoms with E-state index in [2.05, 4.69) is 5.32 Å². The number of ether oxygens (including phenoxy) is 3. The SMILES string of the molecule is COc1ccc(OC)c([C@@H](C)NC(=O)c2cc(S(=O)(=O)N3CCCCCC3)ccc2OC)c1. The molecule has 0 saturated carbocycles. The van der Waals surface area contributed by atoms with Crippen LogP contribution >= 0.6 is 0 Å². The van der Waals surface area contributed by atoms with Gasteiger partial charge in [-0.1, -0.05) is 12.8 Å². The number of carbonyl (C=O) groups excluding carboxylic acids is 1. The predicted octanol–water partition coefficient (Wildman–Crippen LogP) is 3.77. The summed E-state index contributed by atoms with van der Waals surface area (Å²) >= 11 is 0. The van der Waals surface area contributed by atoms with Crippen molar-refractivity contribution in [3.05, 3.63) is 47.5 Å². The second-order valence-corrected chi connectivity index (χ2v) is 9.92. The Morgan fingerprint density at radius 1 is 0.909 bits per heavy atom. The number of rotatable bonds is 8. The third-order valence-corrected chi connectivity index (χ3v) is 7.76. The number of carbonyl (C=O) groups is 1. The summed E-state index contributed by atoms with van der Waals surface area (Å²) < 4.78 is 44.0. The molecule has 0 spiro atoms. The Balaban J connectivity index is 1.90. The lowest BCUT2D eigenvalue weighted by atomic mass is 10.1. The minimum Gasteiger partial charge on any atom is -0.497 e. The number of nitrogens with one attached hydrogen (secondary N) is 1. The van der Waals surface area contributed by atoms with Crippen molar-refractivity contribution in [2.45, 2.75) is 43.5 Å². The number of sulfonamides is 1. The lowest BCUT2D eigenvalue weighted by Crippen LogP contribution is -2.32. The zero-order chi connectivity index (χ0) is 24.0. The first-order valence-corrected chi connectivity index (χ1v) is 12.5. The first-order valence-electron chi connectivity index (χ1n) is 11.0. The molecule has 1 N–H and O–H groups in total. The Morgan fingerprint density at radius 2 is 1.55 bits per heavy atom. The fourth-order valence-corrected chi connectivity index (χ4v) is 5.53. The highest BCUT2D eigenvalue weighted by atomic mass is 32.2. The Kier molecular flexibility index (Phi) is 8.20. The van der Waals surface area contributed by atoms with E-state index in [4.69, 9.17) is 14.2 Å². The van der Waals surface area contributed by atoms with Gasteiger partial charge in [0.2, 0.25) is 10.0 Å². The van der Waals surface area contributed by atoms with Gasteiger partial charge in [0.05, 0.1) is 37.8 Å². The summed E-state index contributed by atoms with van der Waals surface area (Å²) in [5, 5.41) is 2.92. The number of methoxy groups -OCH3 is 3. The molecule has 0 aliphatic carbocycles. The quantitative estimate of drug-likeness (QED) is 0.623. The van der Waals surface area contributed by atoms with Crippen LogP contribution in [0.2, 0.25) is 0 Å². The van der Waals surface area contributed by atoms with Crippen molar-refractivity contribution in [1.29, 1.82) is 0 Å². The third kappa shape index (κ3) is 5.59. The van der Waals surface area contributed by atoms with Gasteiger partial charge in [-0.25, -0.2) is 8.42 Å². The Bertz CT molecular complexity index is 1080. The van der Waals surface area contributed by atoms with Gasteiger partial charge in [-0.05, 0) is 56.2 Å². The number of hydrogen-bond donors (Lipinski definition) is 1. The molecule has 1 fully saturated rings. The molecule has 180 valence electrons. The van der Waals surface area contributed by atoms with Crippen LogP contribution in [-0.4, -0.2) is 53.0 Å². The van der Waals surface area contributed by atoms with E-state index in [1.54, 1.807) is 32.4 Å².